The van der Waals surface area contributed by atoms with E-state index in [2.05, 4.69) is 9.69 Å². The molecule has 0 bridgehead atoms. The lowest BCUT2D eigenvalue weighted by atomic mass is 9.91. The maximum atomic E-state index is 9.52. The van der Waals surface area contributed by atoms with Crippen LogP contribution < -0.4 is 10.4 Å². The van der Waals surface area contributed by atoms with Crippen LogP contribution in [0.3, 0.4) is 0 Å². The van der Waals surface area contributed by atoms with Gasteiger partial charge in [-0.2, -0.15) is 0 Å². The Morgan fingerprint density at radius 1 is 0.769 bits per heavy atom. The molecule has 0 radical (unpaired) electrons. The molecule has 26 heavy (non-hydrogen) atoms. The molecule has 3 aromatic rings. The Morgan fingerprint density at radius 3 is 1.46 bits per heavy atom. The summed E-state index contributed by atoms with van der Waals surface area (Å²) in [5.41, 5.74) is 1.79. The molecule has 0 N–H and O–H groups in total. The van der Waals surface area contributed by atoms with Gasteiger partial charge in [0.15, 0.2) is 0 Å². The molecule has 0 unspecified atom stereocenters. The summed E-state index contributed by atoms with van der Waals surface area (Å²) in [5.74, 6) is 0. The van der Waals surface area contributed by atoms with Crippen LogP contribution in [-0.4, -0.2) is 0 Å². The summed E-state index contributed by atoms with van der Waals surface area (Å²) < 4.78 is 0. The normalized spacial score (nSPS) is 12.5. The summed E-state index contributed by atoms with van der Waals surface area (Å²) in [6.45, 7) is 18.7. The third-order valence-corrected chi connectivity index (χ3v) is 4.49. The zero-order valence-electron chi connectivity index (χ0n) is 14.3. The van der Waals surface area contributed by atoms with E-state index in [1.165, 1.54) is 0 Å². The standard InChI is InChI=1S/C22H12N4/c1-13-7-5-9-15-19(13)21(17(11-23)25-3)16-10-6-8-14(2)20(16)22(15)18(12-24)26-4/h5-10H,1-2H3/b21-17-,22-18+. The first-order chi connectivity index (χ1) is 12.6. The Labute approximate surface area is 150 Å². The van der Waals surface area contributed by atoms with Crippen LogP contribution in [-0.2, 0) is 0 Å². The van der Waals surface area contributed by atoms with E-state index in [-0.39, 0.29) is 11.4 Å². The predicted molar refractivity (Wildman–Crippen MR) is 101 cm³/mol. The molecule has 0 aliphatic rings. The van der Waals surface area contributed by atoms with Crippen molar-refractivity contribution in [1.82, 2.24) is 0 Å². The molecule has 0 saturated heterocycles. The lowest BCUT2D eigenvalue weighted by Crippen LogP contribution is -2.19. The Balaban J connectivity index is 3.05. The molecule has 0 heterocycles. The molecule has 0 aliphatic heterocycles. The summed E-state index contributed by atoms with van der Waals surface area (Å²) in [6.07, 6.45) is 0. The first kappa shape index (κ1) is 16.7. The van der Waals surface area contributed by atoms with Crippen molar-refractivity contribution >= 4 is 32.9 Å². The van der Waals surface area contributed by atoms with Gasteiger partial charge in [-0.3, -0.25) is 0 Å². The van der Waals surface area contributed by atoms with Gasteiger partial charge in [0.05, 0.1) is 25.3 Å². The van der Waals surface area contributed by atoms with Crippen molar-refractivity contribution in [3.8, 4) is 12.1 Å². The fraction of sp³-hybridized carbons (Fsp3) is 0.0909. The molecule has 3 rings (SSSR count). The van der Waals surface area contributed by atoms with Gasteiger partial charge >= 0.3 is 0 Å². The highest BCUT2D eigenvalue weighted by Gasteiger charge is 2.14. The highest BCUT2D eigenvalue weighted by molar-refractivity contribution is 6.06. The van der Waals surface area contributed by atoms with Crippen LogP contribution in [0, 0.1) is 49.7 Å². The van der Waals surface area contributed by atoms with Crippen molar-refractivity contribution in [2.45, 2.75) is 13.8 Å². The average Bonchev–Trinajstić information content (AvgIpc) is 2.65. The predicted octanol–water partition coefficient (Wildman–Crippen LogP) is 3.71. The quantitative estimate of drug-likeness (QED) is 0.465. The van der Waals surface area contributed by atoms with Crippen LogP contribution in [0.25, 0.3) is 42.6 Å². The minimum atomic E-state index is 0.00719. The van der Waals surface area contributed by atoms with Crippen molar-refractivity contribution in [1.29, 1.82) is 10.5 Å². The Morgan fingerprint density at radius 2 is 1.15 bits per heavy atom. The largest absolute Gasteiger partial charge is 0.270 e. The molecule has 0 spiro atoms. The van der Waals surface area contributed by atoms with E-state index in [0.29, 0.717) is 21.2 Å². The van der Waals surface area contributed by atoms with Gasteiger partial charge in [0.2, 0.25) is 0 Å². The Kier molecular flexibility index (Phi) is 4.12. The van der Waals surface area contributed by atoms with Crippen LogP contribution in [0.15, 0.2) is 36.4 Å². The zero-order valence-corrected chi connectivity index (χ0v) is 14.3. The summed E-state index contributed by atoms with van der Waals surface area (Å²) in [6, 6.07) is 15.2. The number of nitrogens with zero attached hydrogens (tertiary/aromatic N) is 4. The first-order valence-corrected chi connectivity index (χ1v) is 7.83. The Bertz CT molecular complexity index is 1240. The second-order valence-electron chi connectivity index (χ2n) is 5.89. The molecule has 4 nitrogen and oxygen atoms in total. The number of rotatable bonds is 0. The number of benzene rings is 3. The molecule has 0 atom stereocenters. The molecule has 120 valence electrons. The number of hydrogen-bond acceptors (Lipinski definition) is 2. The van der Waals surface area contributed by atoms with E-state index < -0.39 is 0 Å². The van der Waals surface area contributed by atoms with E-state index in [4.69, 9.17) is 13.1 Å². The lowest BCUT2D eigenvalue weighted by molar-refractivity contribution is 1.47. The maximum Gasteiger partial charge on any atom is 0.270 e. The molecular formula is C22H12N4. The van der Waals surface area contributed by atoms with Crippen LogP contribution in [0.1, 0.15) is 11.1 Å². The van der Waals surface area contributed by atoms with Crippen LogP contribution >= 0.6 is 0 Å². The second-order valence-corrected chi connectivity index (χ2v) is 5.89. The molecule has 4 heteroatoms. The molecular weight excluding hydrogens is 320 g/mol. The number of fused-ring (bicyclic) bond motifs is 2. The highest BCUT2D eigenvalue weighted by atomic mass is 14.7. The molecule has 3 aromatic carbocycles. The van der Waals surface area contributed by atoms with E-state index in [0.717, 1.165) is 21.9 Å². The van der Waals surface area contributed by atoms with E-state index in [1.807, 2.05) is 62.4 Å². The summed E-state index contributed by atoms with van der Waals surface area (Å²) >= 11 is 0. The van der Waals surface area contributed by atoms with Gasteiger partial charge < -0.3 is 0 Å². The van der Waals surface area contributed by atoms with E-state index in [9.17, 15) is 10.5 Å². The van der Waals surface area contributed by atoms with Crippen LogP contribution in [0.2, 0.25) is 0 Å². The fourth-order valence-electron chi connectivity index (χ4n) is 3.45. The maximum absolute atomic E-state index is 9.52. The number of aryl methyl sites for hydroxylation is 2. The van der Waals surface area contributed by atoms with Crippen molar-refractivity contribution in [3.05, 3.63) is 80.8 Å². The smallest absolute Gasteiger partial charge is 0.226 e. The lowest BCUT2D eigenvalue weighted by Gasteiger charge is -2.12. The van der Waals surface area contributed by atoms with E-state index in [1.54, 1.807) is 0 Å². The molecule has 0 aromatic heterocycles. The van der Waals surface area contributed by atoms with Gasteiger partial charge in [0.25, 0.3) is 11.4 Å². The minimum Gasteiger partial charge on any atom is -0.226 e. The van der Waals surface area contributed by atoms with Gasteiger partial charge in [-0.15, -0.1) is 0 Å². The summed E-state index contributed by atoms with van der Waals surface area (Å²) in [7, 11) is 0. The van der Waals surface area contributed by atoms with Crippen LogP contribution in [0.4, 0.5) is 0 Å². The van der Waals surface area contributed by atoms with Gasteiger partial charge in [-0.05, 0) is 46.5 Å². The number of nitriles is 2. The van der Waals surface area contributed by atoms with Crippen LogP contribution in [0.5, 0.6) is 0 Å². The molecule has 0 fully saturated rings. The van der Waals surface area contributed by atoms with Crippen molar-refractivity contribution < 1.29 is 0 Å². The van der Waals surface area contributed by atoms with Gasteiger partial charge in [0, 0.05) is 10.4 Å². The molecule has 0 saturated carbocycles. The van der Waals surface area contributed by atoms with E-state index >= 15 is 0 Å². The van der Waals surface area contributed by atoms with Crippen molar-refractivity contribution in [2.24, 2.45) is 0 Å². The van der Waals surface area contributed by atoms with Gasteiger partial charge in [-0.25, -0.2) is 20.2 Å². The minimum absolute atomic E-state index is 0.00719. The van der Waals surface area contributed by atoms with Gasteiger partial charge in [-0.1, -0.05) is 36.4 Å². The van der Waals surface area contributed by atoms with Crippen molar-refractivity contribution in [2.75, 3.05) is 0 Å². The topological polar surface area (TPSA) is 56.3 Å². The first-order valence-electron chi connectivity index (χ1n) is 7.83. The SMILES string of the molecule is [C-]#[N+]/C(C#N)=c1/c2cccc(C)c2/c(=C(\C#N)[N+]#[C-])c2cccc(C)c12. The molecule has 0 aliphatic carbocycles. The second kappa shape index (κ2) is 6.41. The Hall–Kier alpha value is -4.12. The van der Waals surface area contributed by atoms with Gasteiger partial charge in [0.1, 0.15) is 0 Å². The summed E-state index contributed by atoms with van der Waals surface area (Å²) in [4.78, 5) is 6.87. The summed E-state index contributed by atoms with van der Waals surface area (Å²) in [5, 5.41) is 23.1. The monoisotopic (exact) mass is 332 g/mol. The molecule has 0 amide bonds. The number of hydrogen-bond donors (Lipinski definition) is 0. The average molecular weight is 332 g/mol. The fourth-order valence-corrected chi connectivity index (χ4v) is 3.45. The highest BCUT2D eigenvalue weighted by Crippen LogP contribution is 2.21. The third-order valence-electron chi connectivity index (χ3n) is 4.49. The van der Waals surface area contributed by atoms with Crippen molar-refractivity contribution in [3.63, 3.8) is 0 Å². The third kappa shape index (κ3) is 2.27. The zero-order chi connectivity index (χ0) is 18.8.